The molecule has 1 heterocycles. The summed E-state index contributed by atoms with van der Waals surface area (Å²) in [5.74, 6) is -1.38. The maximum absolute atomic E-state index is 12.2. The maximum Gasteiger partial charge on any atom is 0.334 e. The summed E-state index contributed by atoms with van der Waals surface area (Å²) in [4.78, 5) is 35.7. The molecule has 26 heavy (non-hydrogen) atoms. The lowest BCUT2D eigenvalue weighted by atomic mass is 9.85. The maximum atomic E-state index is 12.2. The van der Waals surface area contributed by atoms with Crippen LogP contribution in [0.3, 0.4) is 0 Å². The highest BCUT2D eigenvalue weighted by molar-refractivity contribution is 5.91. The van der Waals surface area contributed by atoms with Gasteiger partial charge in [-0.1, -0.05) is 26.5 Å². The van der Waals surface area contributed by atoms with Gasteiger partial charge >= 0.3 is 11.9 Å². The minimum atomic E-state index is -0.726. The van der Waals surface area contributed by atoms with E-state index in [-0.39, 0.29) is 36.9 Å². The molecule has 1 saturated heterocycles. The molecule has 0 spiro atoms. The number of allylic oxidation sites excluding steroid dienone is 1. The van der Waals surface area contributed by atoms with Crippen molar-refractivity contribution in [1.29, 1.82) is 0 Å². The minimum absolute atomic E-state index is 0.129. The summed E-state index contributed by atoms with van der Waals surface area (Å²) in [6.07, 6.45) is 4.40. The Kier molecular flexibility index (Phi) is 6.91. The molecule has 6 heteroatoms. The van der Waals surface area contributed by atoms with Crippen molar-refractivity contribution in [1.82, 2.24) is 0 Å². The number of carbonyl (C=O) groups excluding carboxylic acids is 3. The van der Waals surface area contributed by atoms with Crippen LogP contribution in [0.4, 0.5) is 0 Å². The first-order valence-corrected chi connectivity index (χ1v) is 8.89. The van der Waals surface area contributed by atoms with Gasteiger partial charge in [0.25, 0.3) is 0 Å². The summed E-state index contributed by atoms with van der Waals surface area (Å²) in [5, 5.41) is 9.55. The summed E-state index contributed by atoms with van der Waals surface area (Å²) < 4.78 is 11.0. The molecule has 0 radical (unpaired) electrons. The highest BCUT2D eigenvalue weighted by atomic mass is 16.6. The Morgan fingerprint density at radius 2 is 2.23 bits per heavy atom. The number of carbonyl (C=O) groups is 3. The molecule has 1 aliphatic carbocycles. The average Bonchev–Trinajstić information content (AvgIpc) is 2.85. The molecule has 0 saturated carbocycles. The molecule has 0 unspecified atom stereocenters. The number of hydrogen-bond acceptors (Lipinski definition) is 6. The van der Waals surface area contributed by atoms with E-state index in [1.807, 2.05) is 13.8 Å². The largest absolute Gasteiger partial charge is 0.461 e. The Morgan fingerprint density at radius 3 is 2.85 bits per heavy atom. The first-order chi connectivity index (χ1) is 12.3. The van der Waals surface area contributed by atoms with E-state index < -0.39 is 24.1 Å². The normalized spacial score (nSPS) is 30.5. The number of aliphatic hydroxyl groups excluding tert-OH is 1. The van der Waals surface area contributed by atoms with Gasteiger partial charge in [-0.15, -0.1) is 0 Å². The van der Waals surface area contributed by atoms with Gasteiger partial charge < -0.3 is 14.6 Å². The van der Waals surface area contributed by atoms with Gasteiger partial charge in [0, 0.05) is 18.4 Å². The summed E-state index contributed by atoms with van der Waals surface area (Å²) >= 11 is 0. The quantitative estimate of drug-likeness (QED) is 0.349. The average molecular weight is 362 g/mol. The summed E-state index contributed by atoms with van der Waals surface area (Å²) in [6.45, 7) is 7.45. The zero-order valence-electron chi connectivity index (χ0n) is 15.3. The topological polar surface area (TPSA) is 89.9 Å². The van der Waals surface area contributed by atoms with E-state index in [0.29, 0.717) is 24.0 Å². The van der Waals surface area contributed by atoms with Gasteiger partial charge in [-0.3, -0.25) is 9.59 Å². The van der Waals surface area contributed by atoms with E-state index in [2.05, 4.69) is 6.58 Å². The predicted octanol–water partition coefficient (Wildman–Crippen LogP) is 2.27. The summed E-state index contributed by atoms with van der Waals surface area (Å²) in [7, 11) is 0. The molecule has 2 aliphatic rings. The molecule has 6 nitrogen and oxygen atoms in total. The molecule has 0 amide bonds. The highest BCUT2D eigenvalue weighted by Gasteiger charge is 2.44. The number of esters is 2. The smallest absolute Gasteiger partial charge is 0.334 e. The Balaban J connectivity index is 2.38. The second kappa shape index (κ2) is 8.94. The lowest BCUT2D eigenvalue weighted by Gasteiger charge is -2.27. The fourth-order valence-corrected chi connectivity index (χ4v) is 3.28. The second-order valence-electron chi connectivity index (χ2n) is 7.17. The minimum Gasteiger partial charge on any atom is -0.461 e. The zero-order chi connectivity index (χ0) is 19.3. The predicted molar refractivity (Wildman–Crippen MR) is 95.0 cm³/mol. The van der Waals surface area contributed by atoms with Crippen LogP contribution in [-0.2, 0) is 23.9 Å². The molecular weight excluding hydrogens is 336 g/mol. The zero-order valence-corrected chi connectivity index (χ0v) is 15.3. The van der Waals surface area contributed by atoms with E-state index in [1.165, 1.54) is 0 Å². The van der Waals surface area contributed by atoms with Gasteiger partial charge in [-0.25, -0.2) is 4.79 Å². The Bertz CT molecular complexity index is 643. The standard InChI is InChI=1S/C20H26O6/c1-12(2)7-18(23)25-16-8-14(10-21)5-4-6-15(11-22)9-17-19(16)13(3)20(24)26-17/h5,9-10,12,16-17,19,22H,3-4,6-8,11H2,1-2H3/b14-5+,15-9+/t16-,17+,19-/m1/s1. The van der Waals surface area contributed by atoms with Crippen molar-refractivity contribution < 1.29 is 29.0 Å². The molecule has 142 valence electrons. The molecule has 0 aromatic heterocycles. The van der Waals surface area contributed by atoms with E-state index in [1.54, 1.807) is 12.2 Å². The first kappa shape index (κ1) is 20.1. The Labute approximate surface area is 153 Å². The molecule has 0 bridgehead atoms. The van der Waals surface area contributed by atoms with Gasteiger partial charge in [-0.05, 0) is 36.0 Å². The Morgan fingerprint density at radius 1 is 1.50 bits per heavy atom. The molecule has 1 fully saturated rings. The van der Waals surface area contributed by atoms with Crippen molar-refractivity contribution in [3.8, 4) is 0 Å². The SMILES string of the molecule is C=C1C(=O)O[C@H]2/C=C(/CO)CC/C=C(/C=O)C[C@@H](OC(=O)CC(C)C)[C@@H]12. The molecule has 2 rings (SSSR count). The van der Waals surface area contributed by atoms with Crippen LogP contribution in [0.15, 0.2) is 35.5 Å². The lowest BCUT2D eigenvalue weighted by Crippen LogP contribution is -2.34. The summed E-state index contributed by atoms with van der Waals surface area (Å²) in [5.41, 5.74) is 1.42. The molecule has 1 N–H and O–H groups in total. The van der Waals surface area contributed by atoms with Gasteiger partial charge in [0.1, 0.15) is 18.5 Å². The van der Waals surface area contributed by atoms with Crippen LogP contribution in [0.1, 0.15) is 39.5 Å². The van der Waals surface area contributed by atoms with Crippen molar-refractivity contribution >= 4 is 18.2 Å². The van der Waals surface area contributed by atoms with Crippen molar-refractivity contribution in [3.05, 3.63) is 35.5 Å². The van der Waals surface area contributed by atoms with Gasteiger partial charge in [0.05, 0.1) is 12.5 Å². The van der Waals surface area contributed by atoms with Crippen LogP contribution in [-0.4, -0.2) is 42.1 Å². The molecule has 3 atom stereocenters. The number of ether oxygens (including phenoxy) is 2. The Hall–Kier alpha value is -2.21. The molecule has 1 aliphatic heterocycles. The third-order valence-corrected chi connectivity index (χ3v) is 4.58. The second-order valence-corrected chi connectivity index (χ2v) is 7.17. The third kappa shape index (κ3) is 4.91. The number of aldehydes is 1. The lowest BCUT2D eigenvalue weighted by molar-refractivity contribution is -0.153. The van der Waals surface area contributed by atoms with E-state index in [4.69, 9.17) is 9.47 Å². The number of fused-ring (bicyclic) bond motifs is 1. The van der Waals surface area contributed by atoms with Crippen molar-refractivity contribution in [2.24, 2.45) is 11.8 Å². The fourth-order valence-electron chi connectivity index (χ4n) is 3.28. The summed E-state index contributed by atoms with van der Waals surface area (Å²) in [6, 6.07) is 0. The van der Waals surface area contributed by atoms with E-state index in [9.17, 15) is 19.5 Å². The molecule has 0 aromatic rings. The number of rotatable bonds is 5. The fraction of sp³-hybridized carbons (Fsp3) is 0.550. The third-order valence-electron chi connectivity index (χ3n) is 4.58. The molecule has 0 aromatic carbocycles. The van der Waals surface area contributed by atoms with Crippen LogP contribution in [0, 0.1) is 11.8 Å². The van der Waals surface area contributed by atoms with Crippen molar-refractivity contribution in [2.45, 2.75) is 51.7 Å². The van der Waals surface area contributed by atoms with Gasteiger partial charge in [-0.2, -0.15) is 0 Å². The van der Waals surface area contributed by atoms with Crippen LogP contribution >= 0.6 is 0 Å². The van der Waals surface area contributed by atoms with E-state index >= 15 is 0 Å². The van der Waals surface area contributed by atoms with Gasteiger partial charge in [0.2, 0.25) is 0 Å². The number of hydrogen-bond donors (Lipinski definition) is 1. The van der Waals surface area contributed by atoms with Crippen LogP contribution in [0.25, 0.3) is 0 Å². The molecular formula is C20H26O6. The highest BCUT2D eigenvalue weighted by Crippen LogP contribution is 2.36. The van der Waals surface area contributed by atoms with Crippen LogP contribution < -0.4 is 0 Å². The van der Waals surface area contributed by atoms with Crippen molar-refractivity contribution in [3.63, 3.8) is 0 Å². The monoisotopic (exact) mass is 362 g/mol. The van der Waals surface area contributed by atoms with Gasteiger partial charge in [0.15, 0.2) is 0 Å². The first-order valence-electron chi connectivity index (χ1n) is 8.89. The van der Waals surface area contributed by atoms with Crippen LogP contribution in [0.5, 0.6) is 0 Å². The van der Waals surface area contributed by atoms with Crippen molar-refractivity contribution in [2.75, 3.05) is 6.61 Å². The van der Waals surface area contributed by atoms with Crippen LogP contribution in [0.2, 0.25) is 0 Å². The van der Waals surface area contributed by atoms with E-state index in [0.717, 1.165) is 6.29 Å². The number of aliphatic hydroxyl groups is 1.